The number of hydrogen-bond donors (Lipinski definition) is 1. The summed E-state index contributed by atoms with van der Waals surface area (Å²) in [6.07, 6.45) is -0.160. The first-order valence-electron chi connectivity index (χ1n) is 4.03. The van der Waals surface area contributed by atoms with Crippen molar-refractivity contribution < 1.29 is 35.9 Å². The minimum Gasteiger partial charge on any atom is -0.371 e. The fraction of sp³-hybridized carbons (Fsp3) is 0.833. The molecule has 0 bridgehead atoms. The van der Waals surface area contributed by atoms with E-state index < -0.39 is 28.0 Å². The van der Waals surface area contributed by atoms with Gasteiger partial charge in [0.2, 0.25) is 0 Å². The lowest BCUT2D eigenvalue weighted by molar-refractivity contribution is -0.124. The first kappa shape index (κ1) is 13.2. The molecular formula is C6H8F3NO5S. The van der Waals surface area contributed by atoms with E-state index in [4.69, 9.17) is 4.74 Å². The zero-order valence-corrected chi connectivity index (χ0v) is 8.60. The van der Waals surface area contributed by atoms with E-state index in [1.165, 1.54) is 0 Å². The smallest absolute Gasteiger partial charge is 0.371 e. The summed E-state index contributed by atoms with van der Waals surface area (Å²) in [5.41, 5.74) is -5.51. The van der Waals surface area contributed by atoms with Gasteiger partial charge in [-0.15, -0.1) is 0 Å². The Morgan fingerprint density at radius 3 is 2.50 bits per heavy atom. The largest absolute Gasteiger partial charge is 0.516 e. The average molecular weight is 263 g/mol. The molecule has 1 amide bonds. The molecule has 1 unspecified atom stereocenters. The first-order valence-corrected chi connectivity index (χ1v) is 5.52. The number of halogens is 3. The van der Waals surface area contributed by atoms with Gasteiger partial charge in [-0.1, -0.05) is 0 Å². The number of epoxide rings is 1. The summed E-state index contributed by atoms with van der Waals surface area (Å²) in [5, 5.41) is 0. The second-order valence-electron chi connectivity index (χ2n) is 2.94. The van der Waals surface area contributed by atoms with Crippen LogP contribution in [0.4, 0.5) is 13.2 Å². The van der Waals surface area contributed by atoms with Crippen LogP contribution >= 0.6 is 0 Å². The van der Waals surface area contributed by atoms with Crippen molar-refractivity contribution >= 4 is 15.9 Å². The molecule has 1 saturated heterocycles. The molecule has 1 fully saturated rings. The molecule has 1 N–H and O–H groups in total. The number of carbonyl (C=O) groups excluding carboxylic acids is 1. The molecule has 0 saturated carbocycles. The molecular weight excluding hydrogens is 255 g/mol. The number of rotatable bonds is 5. The Morgan fingerprint density at radius 2 is 2.06 bits per heavy atom. The van der Waals surface area contributed by atoms with Crippen LogP contribution in [0.3, 0.4) is 0 Å². The maximum Gasteiger partial charge on any atom is 0.516 e. The van der Waals surface area contributed by atoms with Crippen LogP contribution in [0.2, 0.25) is 0 Å². The normalized spacial score (nSPS) is 20.6. The van der Waals surface area contributed by atoms with Crippen LogP contribution in [0.5, 0.6) is 0 Å². The first-order chi connectivity index (χ1) is 7.22. The van der Waals surface area contributed by atoms with Gasteiger partial charge in [-0.05, 0) is 0 Å². The highest BCUT2D eigenvalue weighted by Crippen LogP contribution is 2.21. The van der Waals surface area contributed by atoms with E-state index in [1.54, 1.807) is 0 Å². The van der Waals surface area contributed by atoms with Crippen LogP contribution in [-0.4, -0.2) is 45.8 Å². The third-order valence-electron chi connectivity index (χ3n) is 1.49. The molecule has 0 aromatic heterocycles. The van der Waals surface area contributed by atoms with E-state index in [0.717, 1.165) is 4.72 Å². The second-order valence-corrected chi connectivity index (χ2v) is 4.62. The van der Waals surface area contributed by atoms with Crippen LogP contribution in [0, 0.1) is 0 Å². The molecule has 16 heavy (non-hydrogen) atoms. The number of sulfonamides is 1. The summed E-state index contributed by atoms with van der Waals surface area (Å²) in [7, 11) is -5.64. The molecule has 1 aliphatic rings. The quantitative estimate of drug-likeness (QED) is 0.667. The highest BCUT2D eigenvalue weighted by atomic mass is 32.2. The van der Waals surface area contributed by atoms with Crippen LogP contribution in [0.25, 0.3) is 0 Å². The maximum absolute atomic E-state index is 11.8. The van der Waals surface area contributed by atoms with Crippen molar-refractivity contribution in [1.29, 1.82) is 0 Å². The third kappa shape index (κ3) is 3.94. The molecule has 0 aromatic carbocycles. The predicted molar refractivity (Wildman–Crippen MR) is 43.7 cm³/mol. The van der Waals surface area contributed by atoms with Crippen molar-refractivity contribution in [3.8, 4) is 0 Å². The number of alkyl halides is 3. The summed E-state index contributed by atoms with van der Waals surface area (Å²) >= 11 is 0. The van der Waals surface area contributed by atoms with Gasteiger partial charge in [-0.3, -0.25) is 4.79 Å². The van der Waals surface area contributed by atoms with Crippen molar-refractivity contribution in [2.24, 2.45) is 0 Å². The summed E-state index contributed by atoms with van der Waals surface area (Å²) in [5.74, 6) is -1.38. The van der Waals surface area contributed by atoms with Gasteiger partial charge in [0.25, 0.3) is 5.91 Å². The number of hydrogen-bond acceptors (Lipinski definition) is 5. The van der Waals surface area contributed by atoms with E-state index in [9.17, 15) is 26.4 Å². The Morgan fingerprint density at radius 1 is 1.50 bits per heavy atom. The number of amides is 1. The lowest BCUT2D eigenvalue weighted by atomic mass is 10.5. The van der Waals surface area contributed by atoms with Crippen molar-refractivity contribution in [1.82, 2.24) is 4.72 Å². The van der Waals surface area contributed by atoms with Gasteiger partial charge in [0.1, 0.15) is 12.7 Å². The number of carbonyl (C=O) groups is 1. The minimum atomic E-state index is -5.64. The van der Waals surface area contributed by atoms with Gasteiger partial charge >= 0.3 is 15.5 Å². The molecule has 1 aliphatic heterocycles. The Kier molecular flexibility index (Phi) is 3.76. The summed E-state index contributed by atoms with van der Waals surface area (Å²) in [6.45, 7) is -0.267. The van der Waals surface area contributed by atoms with Crippen molar-refractivity contribution in [2.45, 2.75) is 11.6 Å². The molecule has 1 atom stereocenters. The molecule has 0 spiro atoms. The summed E-state index contributed by atoms with van der Waals surface area (Å²) in [4.78, 5) is 10.8. The fourth-order valence-corrected chi connectivity index (χ4v) is 1.16. The topological polar surface area (TPSA) is 85.0 Å². The zero-order valence-electron chi connectivity index (χ0n) is 7.78. The number of ether oxygens (including phenoxy) is 2. The highest BCUT2D eigenvalue weighted by Gasteiger charge is 2.46. The molecule has 94 valence electrons. The second kappa shape index (κ2) is 4.55. The zero-order chi connectivity index (χ0) is 12.4. The van der Waals surface area contributed by atoms with Gasteiger partial charge in [0.15, 0.2) is 0 Å². The van der Waals surface area contributed by atoms with E-state index in [1.807, 2.05) is 0 Å². The van der Waals surface area contributed by atoms with Crippen molar-refractivity contribution in [2.75, 3.05) is 19.8 Å². The van der Waals surface area contributed by atoms with Gasteiger partial charge in [0.05, 0.1) is 13.2 Å². The molecule has 0 aliphatic carbocycles. The Bertz CT molecular complexity index is 361. The van der Waals surface area contributed by atoms with Crippen molar-refractivity contribution in [3.63, 3.8) is 0 Å². The Labute approximate surface area is 88.8 Å². The number of nitrogens with one attached hydrogen (secondary N) is 1. The van der Waals surface area contributed by atoms with Gasteiger partial charge < -0.3 is 9.47 Å². The van der Waals surface area contributed by atoms with Crippen LogP contribution in [0.1, 0.15) is 0 Å². The lowest BCUT2D eigenvalue weighted by Gasteiger charge is -2.09. The van der Waals surface area contributed by atoms with Gasteiger partial charge in [-0.2, -0.15) is 21.6 Å². The van der Waals surface area contributed by atoms with Crippen LogP contribution < -0.4 is 4.72 Å². The summed E-state index contributed by atoms with van der Waals surface area (Å²) in [6, 6.07) is 0. The third-order valence-corrected chi connectivity index (χ3v) is 2.60. The maximum atomic E-state index is 11.8. The molecule has 10 heteroatoms. The van der Waals surface area contributed by atoms with E-state index in [2.05, 4.69) is 4.74 Å². The van der Waals surface area contributed by atoms with Crippen LogP contribution in [-0.2, 0) is 24.3 Å². The lowest BCUT2D eigenvalue weighted by Crippen LogP contribution is -2.41. The van der Waals surface area contributed by atoms with Crippen molar-refractivity contribution in [3.05, 3.63) is 0 Å². The minimum absolute atomic E-state index is 0.0412. The van der Waals surface area contributed by atoms with Gasteiger partial charge in [-0.25, -0.2) is 4.72 Å². The predicted octanol–water partition coefficient (Wildman–Crippen LogP) is -0.632. The average Bonchev–Trinajstić information content (AvgIpc) is 2.84. The fourth-order valence-electron chi connectivity index (χ4n) is 0.685. The molecule has 1 heterocycles. The monoisotopic (exact) mass is 263 g/mol. The van der Waals surface area contributed by atoms with E-state index in [0.29, 0.717) is 6.61 Å². The van der Waals surface area contributed by atoms with E-state index >= 15 is 0 Å². The highest BCUT2D eigenvalue weighted by molar-refractivity contribution is 7.90. The molecule has 0 radical (unpaired) electrons. The molecule has 6 nitrogen and oxygen atoms in total. The standard InChI is InChI=1S/C6H8F3NO5S/c7-6(8,9)16(12,13)10-5(11)3-14-1-4-2-15-4/h4H,1-3H2,(H,10,11). The summed E-state index contributed by atoms with van der Waals surface area (Å²) < 4.78 is 66.4. The SMILES string of the molecule is O=C(COCC1CO1)NS(=O)(=O)C(F)(F)F. The molecule has 0 aromatic rings. The van der Waals surface area contributed by atoms with Gasteiger partial charge in [0, 0.05) is 0 Å². The Hall–Kier alpha value is -0.870. The van der Waals surface area contributed by atoms with E-state index in [-0.39, 0.29) is 12.7 Å². The Balaban J connectivity index is 2.32. The molecule has 1 rings (SSSR count). The van der Waals surface area contributed by atoms with Crippen LogP contribution in [0.15, 0.2) is 0 Å².